The lowest BCUT2D eigenvalue weighted by atomic mass is 10.00. The SMILES string of the molecule is NC(CCC1CCCO1)Cc1cccc(F)c1Br. The molecule has 2 unspecified atom stereocenters. The Bertz CT molecular complexity index is 393. The Balaban J connectivity index is 1.82. The van der Waals surface area contributed by atoms with Crippen LogP contribution in [0.15, 0.2) is 22.7 Å². The van der Waals surface area contributed by atoms with E-state index < -0.39 is 0 Å². The Morgan fingerprint density at radius 3 is 3.06 bits per heavy atom. The van der Waals surface area contributed by atoms with Crippen molar-refractivity contribution in [1.82, 2.24) is 0 Å². The highest BCUT2D eigenvalue weighted by Gasteiger charge is 2.17. The van der Waals surface area contributed by atoms with Gasteiger partial charge >= 0.3 is 0 Å². The van der Waals surface area contributed by atoms with Gasteiger partial charge in [-0.3, -0.25) is 0 Å². The predicted octanol–water partition coefficient (Wildman–Crippen LogP) is 3.42. The van der Waals surface area contributed by atoms with Crippen molar-refractivity contribution in [2.45, 2.75) is 44.2 Å². The van der Waals surface area contributed by atoms with Gasteiger partial charge in [0.05, 0.1) is 10.6 Å². The maximum atomic E-state index is 13.4. The molecule has 1 fully saturated rings. The van der Waals surface area contributed by atoms with Crippen molar-refractivity contribution in [2.24, 2.45) is 5.73 Å². The third-order valence-electron chi connectivity index (χ3n) is 3.40. The van der Waals surface area contributed by atoms with E-state index in [9.17, 15) is 4.39 Å². The molecular formula is C14H19BrFNO. The van der Waals surface area contributed by atoms with Crippen LogP contribution < -0.4 is 5.73 Å². The van der Waals surface area contributed by atoms with Crippen molar-refractivity contribution < 1.29 is 9.13 Å². The van der Waals surface area contributed by atoms with Crippen molar-refractivity contribution in [1.29, 1.82) is 0 Å². The zero-order valence-corrected chi connectivity index (χ0v) is 12.0. The number of halogens is 2. The number of benzene rings is 1. The fraction of sp³-hybridized carbons (Fsp3) is 0.571. The minimum Gasteiger partial charge on any atom is -0.378 e. The first-order valence-corrected chi connectivity index (χ1v) is 7.26. The minimum atomic E-state index is -0.223. The van der Waals surface area contributed by atoms with Crippen LogP contribution in [0.1, 0.15) is 31.2 Å². The van der Waals surface area contributed by atoms with Gasteiger partial charge in [0.2, 0.25) is 0 Å². The predicted molar refractivity (Wildman–Crippen MR) is 74.0 cm³/mol. The van der Waals surface area contributed by atoms with Crippen LogP contribution in [0.3, 0.4) is 0 Å². The van der Waals surface area contributed by atoms with Gasteiger partial charge in [-0.25, -0.2) is 4.39 Å². The van der Waals surface area contributed by atoms with E-state index in [1.165, 1.54) is 6.07 Å². The van der Waals surface area contributed by atoms with Crippen molar-refractivity contribution in [3.05, 3.63) is 34.1 Å². The van der Waals surface area contributed by atoms with Gasteiger partial charge in [-0.2, -0.15) is 0 Å². The number of hydrogen-bond donors (Lipinski definition) is 1. The molecule has 4 heteroatoms. The molecule has 1 saturated heterocycles. The molecule has 0 radical (unpaired) electrons. The first-order valence-electron chi connectivity index (χ1n) is 6.47. The van der Waals surface area contributed by atoms with Gasteiger partial charge in [-0.05, 0) is 59.7 Å². The molecular weight excluding hydrogens is 297 g/mol. The van der Waals surface area contributed by atoms with Crippen LogP contribution in [0.4, 0.5) is 4.39 Å². The lowest BCUT2D eigenvalue weighted by molar-refractivity contribution is 0.101. The lowest BCUT2D eigenvalue weighted by Crippen LogP contribution is -2.24. The van der Waals surface area contributed by atoms with E-state index in [0.29, 0.717) is 17.0 Å². The second kappa shape index (κ2) is 6.64. The second-order valence-corrected chi connectivity index (χ2v) is 5.68. The average Bonchev–Trinajstić information content (AvgIpc) is 2.86. The van der Waals surface area contributed by atoms with Crippen LogP contribution in [0.2, 0.25) is 0 Å². The quantitative estimate of drug-likeness (QED) is 0.903. The average molecular weight is 316 g/mol. The Morgan fingerprint density at radius 2 is 2.33 bits per heavy atom. The first-order chi connectivity index (χ1) is 8.66. The number of hydrogen-bond acceptors (Lipinski definition) is 2. The summed E-state index contributed by atoms with van der Waals surface area (Å²) in [4.78, 5) is 0. The Hall–Kier alpha value is -0.450. The molecule has 0 aromatic heterocycles. The van der Waals surface area contributed by atoms with Crippen LogP contribution in [0, 0.1) is 5.82 Å². The number of ether oxygens (including phenoxy) is 1. The van der Waals surface area contributed by atoms with Gasteiger partial charge in [-0.15, -0.1) is 0 Å². The highest BCUT2D eigenvalue weighted by Crippen LogP contribution is 2.23. The fourth-order valence-electron chi connectivity index (χ4n) is 2.36. The van der Waals surface area contributed by atoms with Gasteiger partial charge in [0, 0.05) is 12.6 Å². The number of nitrogens with two attached hydrogens (primary N) is 1. The van der Waals surface area contributed by atoms with Crippen LogP contribution in [0.25, 0.3) is 0 Å². The second-order valence-electron chi connectivity index (χ2n) is 4.89. The summed E-state index contributed by atoms with van der Waals surface area (Å²) in [6.45, 7) is 0.884. The van der Waals surface area contributed by atoms with Gasteiger partial charge in [0.1, 0.15) is 5.82 Å². The molecule has 2 N–H and O–H groups in total. The smallest absolute Gasteiger partial charge is 0.137 e. The molecule has 1 aliphatic rings. The summed E-state index contributed by atoms with van der Waals surface area (Å²) >= 11 is 3.27. The van der Waals surface area contributed by atoms with Crippen LogP contribution in [0.5, 0.6) is 0 Å². The van der Waals surface area contributed by atoms with E-state index in [-0.39, 0.29) is 11.9 Å². The topological polar surface area (TPSA) is 35.2 Å². The highest BCUT2D eigenvalue weighted by molar-refractivity contribution is 9.10. The summed E-state index contributed by atoms with van der Waals surface area (Å²) in [5.41, 5.74) is 7.04. The molecule has 1 heterocycles. The standard InChI is InChI=1S/C14H19BrFNO/c15-14-10(3-1-5-13(14)16)9-11(17)6-7-12-4-2-8-18-12/h1,3,5,11-12H,2,4,6-9,17H2. The van der Waals surface area contributed by atoms with Crippen molar-refractivity contribution in [2.75, 3.05) is 6.61 Å². The van der Waals surface area contributed by atoms with Gasteiger partial charge in [0.25, 0.3) is 0 Å². The van der Waals surface area contributed by atoms with E-state index in [1.807, 2.05) is 6.07 Å². The largest absolute Gasteiger partial charge is 0.378 e. The molecule has 100 valence electrons. The Kier molecular flexibility index (Phi) is 5.15. The molecule has 0 spiro atoms. The minimum absolute atomic E-state index is 0.0623. The van der Waals surface area contributed by atoms with Crippen molar-refractivity contribution in [3.8, 4) is 0 Å². The van der Waals surface area contributed by atoms with Crippen LogP contribution in [-0.2, 0) is 11.2 Å². The molecule has 2 atom stereocenters. The van der Waals surface area contributed by atoms with E-state index in [4.69, 9.17) is 10.5 Å². The molecule has 0 bridgehead atoms. The maximum Gasteiger partial charge on any atom is 0.137 e. The molecule has 1 aromatic carbocycles. The molecule has 0 aliphatic carbocycles. The fourth-order valence-corrected chi connectivity index (χ4v) is 2.79. The summed E-state index contributed by atoms with van der Waals surface area (Å²) in [7, 11) is 0. The molecule has 18 heavy (non-hydrogen) atoms. The zero-order valence-electron chi connectivity index (χ0n) is 10.4. The van der Waals surface area contributed by atoms with Crippen LogP contribution in [-0.4, -0.2) is 18.8 Å². The molecule has 0 amide bonds. The van der Waals surface area contributed by atoms with Gasteiger partial charge in [-0.1, -0.05) is 12.1 Å². The van der Waals surface area contributed by atoms with Crippen LogP contribution >= 0.6 is 15.9 Å². The summed E-state index contributed by atoms with van der Waals surface area (Å²) in [5.74, 6) is -0.223. The molecule has 1 aliphatic heterocycles. The summed E-state index contributed by atoms with van der Waals surface area (Å²) in [5, 5.41) is 0. The van der Waals surface area contributed by atoms with E-state index in [2.05, 4.69) is 15.9 Å². The first kappa shape index (κ1) is 14.0. The third-order valence-corrected chi connectivity index (χ3v) is 4.29. The van der Waals surface area contributed by atoms with Crippen molar-refractivity contribution >= 4 is 15.9 Å². The molecule has 1 aromatic rings. The monoisotopic (exact) mass is 315 g/mol. The summed E-state index contributed by atoms with van der Waals surface area (Å²) in [6, 6.07) is 5.15. The zero-order chi connectivity index (χ0) is 13.0. The van der Waals surface area contributed by atoms with Crippen molar-refractivity contribution in [3.63, 3.8) is 0 Å². The van der Waals surface area contributed by atoms with E-state index >= 15 is 0 Å². The third kappa shape index (κ3) is 3.77. The highest BCUT2D eigenvalue weighted by atomic mass is 79.9. The summed E-state index contributed by atoms with van der Waals surface area (Å²) < 4.78 is 19.5. The van der Waals surface area contributed by atoms with E-state index in [0.717, 1.165) is 37.9 Å². The Morgan fingerprint density at radius 1 is 1.50 bits per heavy atom. The molecule has 2 rings (SSSR count). The van der Waals surface area contributed by atoms with Gasteiger partial charge < -0.3 is 10.5 Å². The normalized spacial score (nSPS) is 21.2. The number of rotatable bonds is 5. The Labute approximate surface area is 116 Å². The van der Waals surface area contributed by atoms with E-state index in [1.54, 1.807) is 6.07 Å². The lowest BCUT2D eigenvalue weighted by Gasteiger charge is -2.15. The molecule has 2 nitrogen and oxygen atoms in total. The maximum absolute atomic E-state index is 13.4. The molecule has 0 saturated carbocycles. The summed E-state index contributed by atoms with van der Waals surface area (Å²) in [6.07, 6.45) is 5.32. The van der Waals surface area contributed by atoms with Gasteiger partial charge in [0.15, 0.2) is 0 Å².